The molecule has 2 aliphatic rings. The van der Waals surface area contributed by atoms with E-state index in [1.54, 1.807) is 17.0 Å². The van der Waals surface area contributed by atoms with Gasteiger partial charge in [-0.25, -0.2) is 13.1 Å². The first-order valence-corrected chi connectivity index (χ1v) is 9.75. The number of piperazine rings is 1. The highest BCUT2D eigenvalue weighted by atomic mass is 32.2. The molecule has 0 aliphatic carbocycles. The fourth-order valence-corrected chi connectivity index (χ4v) is 4.24. The van der Waals surface area contributed by atoms with Crippen LogP contribution < -0.4 is 10.0 Å². The van der Waals surface area contributed by atoms with Gasteiger partial charge in [-0.3, -0.25) is 4.79 Å². The summed E-state index contributed by atoms with van der Waals surface area (Å²) in [5.74, 6) is -0.0576. The largest absolute Gasteiger partial charge is 0.381 e. The molecule has 24 heavy (non-hydrogen) atoms. The minimum absolute atomic E-state index is 0.0576. The average Bonchev–Trinajstić information content (AvgIpc) is 2.62. The molecule has 2 N–H and O–H groups in total. The molecule has 2 heterocycles. The summed E-state index contributed by atoms with van der Waals surface area (Å²) < 4.78 is 32.8. The van der Waals surface area contributed by atoms with Crippen molar-refractivity contribution >= 4 is 15.9 Å². The van der Waals surface area contributed by atoms with Crippen molar-refractivity contribution in [1.29, 1.82) is 0 Å². The Kier molecular flexibility index (Phi) is 5.50. The number of hydrogen-bond donors (Lipinski definition) is 2. The first-order chi connectivity index (χ1) is 11.6. The van der Waals surface area contributed by atoms with Crippen LogP contribution in [0.15, 0.2) is 29.2 Å². The Labute approximate surface area is 142 Å². The Morgan fingerprint density at radius 2 is 1.75 bits per heavy atom. The molecule has 2 fully saturated rings. The van der Waals surface area contributed by atoms with Gasteiger partial charge in [-0.05, 0) is 37.1 Å². The van der Waals surface area contributed by atoms with Crippen molar-refractivity contribution in [3.05, 3.63) is 29.8 Å². The maximum atomic E-state index is 12.4. The number of benzene rings is 1. The number of nitrogens with one attached hydrogen (secondary N) is 2. The predicted molar refractivity (Wildman–Crippen MR) is 89.4 cm³/mol. The van der Waals surface area contributed by atoms with Gasteiger partial charge in [0.2, 0.25) is 10.0 Å². The Morgan fingerprint density at radius 3 is 2.38 bits per heavy atom. The van der Waals surface area contributed by atoms with Gasteiger partial charge in [0.1, 0.15) is 0 Å². The number of amides is 1. The molecule has 0 radical (unpaired) electrons. The zero-order valence-corrected chi connectivity index (χ0v) is 14.3. The number of carbonyl (C=O) groups is 1. The Morgan fingerprint density at radius 1 is 1.12 bits per heavy atom. The standard InChI is InChI=1S/C16H23N3O4S/c20-16(19-9-7-17-8-10-19)13-1-3-15(4-2-13)24(21,22)18-14-5-11-23-12-6-14/h1-4,14,17-18H,5-12H2. The molecule has 0 atom stereocenters. The van der Waals surface area contributed by atoms with Gasteiger partial charge in [-0.1, -0.05) is 0 Å². The van der Waals surface area contributed by atoms with Crippen molar-refractivity contribution in [2.75, 3.05) is 39.4 Å². The molecular weight excluding hydrogens is 330 g/mol. The molecule has 8 heteroatoms. The molecule has 2 saturated heterocycles. The van der Waals surface area contributed by atoms with Crippen molar-refractivity contribution in [3.63, 3.8) is 0 Å². The summed E-state index contributed by atoms with van der Waals surface area (Å²) in [7, 11) is -3.57. The Balaban J connectivity index is 1.67. The van der Waals surface area contributed by atoms with Crippen LogP contribution in [0.25, 0.3) is 0 Å². The minimum Gasteiger partial charge on any atom is -0.381 e. The number of sulfonamides is 1. The maximum absolute atomic E-state index is 12.4. The molecule has 0 aromatic heterocycles. The zero-order chi connectivity index (χ0) is 17.0. The molecule has 0 saturated carbocycles. The van der Waals surface area contributed by atoms with Crippen molar-refractivity contribution in [1.82, 2.24) is 14.9 Å². The summed E-state index contributed by atoms with van der Waals surface area (Å²) in [5, 5.41) is 3.20. The summed E-state index contributed by atoms with van der Waals surface area (Å²) in [6.07, 6.45) is 1.36. The van der Waals surface area contributed by atoms with Crippen LogP contribution in [-0.2, 0) is 14.8 Å². The molecule has 1 aromatic carbocycles. The van der Waals surface area contributed by atoms with Gasteiger partial charge in [0.05, 0.1) is 4.90 Å². The maximum Gasteiger partial charge on any atom is 0.253 e. The zero-order valence-electron chi connectivity index (χ0n) is 13.5. The van der Waals surface area contributed by atoms with E-state index in [-0.39, 0.29) is 16.8 Å². The summed E-state index contributed by atoms with van der Waals surface area (Å²) >= 11 is 0. The van der Waals surface area contributed by atoms with E-state index >= 15 is 0 Å². The first kappa shape index (κ1) is 17.3. The number of hydrogen-bond acceptors (Lipinski definition) is 5. The van der Waals surface area contributed by atoms with E-state index < -0.39 is 10.0 Å². The summed E-state index contributed by atoms with van der Waals surface area (Å²) in [6.45, 7) is 4.06. The molecular formula is C16H23N3O4S. The highest BCUT2D eigenvalue weighted by Crippen LogP contribution is 2.15. The van der Waals surface area contributed by atoms with Crippen molar-refractivity contribution in [2.45, 2.75) is 23.8 Å². The highest BCUT2D eigenvalue weighted by molar-refractivity contribution is 7.89. The second kappa shape index (κ2) is 7.60. The van der Waals surface area contributed by atoms with Gasteiger partial charge in [-0.15, -0.1) is 0 Å². The van der Waals surface area contributed by atoms with Crippen LogP contribution in [0.5, 0.6) is 0 Å². The van der Waals surface area contributed by atoms with Crippen LogP contribution in [0.3, 0.4) is 0 Å². The Hall–Kier alpha value is -1.48. The summed E-state index contributed by atoms with van der Waals surface area (Å²) in [4.78, 5) is 14.4. The van der Waals surface area contributed by atoms with Gasteiger partial charge in [0.15, 0.2) is 0 Å². The fourth-order valence-electron chi connectivity index (χ4n) is 2.93. The molecule has 1 amide bonds. The van der Waals surface area contributed by atoms with Crippen LogP contribution in [0.1, 0.15) is 23.2 Å². The van der Waals surface area contributed by atoms with Crippen molar-refractivity contribution < 1.29 is 17.9 Å². The van der Waals surface area contributed by atoms with Gasteiger partial charge < -0.3 is 15.0 Å². The lowest BCUT2D eigenvalue weighted by atomic mass is 10.1. The lowest BCUT2D eigenvalue weighted by molar-refractivity contribution is 0.0735. The molecule has 0 bridgehead atoms. The van der Waals surface area contributed by atoms with E-state index in [1.165, 1.54) is 12.1 Å². The summed E-state index contributed by atoms with van der Waals surface area (Å²) in [6, 6.07) is 6.07. The van der Waals surface area contributed by atoms with Gasteiger partial charge in [0.25, 0.3) is 5.91 Å². The van der Waals surface area contributed by atoms with Gasteiger partial charge in [0, 0.05) is 51.0 Å². The third kappa shape index (κ3) is 4.13. The van der Waals surface area contributed by atoms with Crippen LogP contribution in [-0.4, -0.2) is 64.7 Å². The van der Waals surface area contributed by atoms with Gasteiger partial charge >= 0.3 is 0 Å². The number of rotatable bonds is 4. The van der Waals surface area contributed by atoms with Crippen LogP contribution >= 0.6 is 0 Å². The minimum atomic E-state index is -3.57. The molecule has 3 rings (SSSR count). The van der Waals surface area contributed by atoms with Crippen LogP contribution in [0, 0.1) is 0 Å². The van der Waals surface area contributed by atoms with E-state index in [2.05, 4.69) is 10.0 Å². The van der Waals surface area contributed by atoms with Crippen LogP contribution in [0.4, 0.5) is 0 Å². The second-order valence-corrected chi connectivity index (χ2v) is 7.79. The lowest BCUT2D eigenvalue weighted by Gasteiger charge is -2.27. The van der Waals surface area contributed by atoms with Crippen LogP contribution in [0.2, 0.25) is 0 Å². The second-order valence-electron chi connectivity index (χ2n) is 6.07. The van der Waals surface area contributed by atoms with E-state index in [4.69, 9.17) is 4.74 Å². The van der Waals surface area contributed by atoms with E-state index in [0.717, 1.165) is 13.1 Å². The number of carbonyl (C=O) groups excluding carboxylic acids is 1. The monoisotopic (exact) mass is 353 g/mol. The molecule has 7 nitrogen and oxygen atoms in total. The molecule has 2 aliphatic heterocycles. The lowest BCUT2D eigenvalue weighted by Crippen LogP contribution is -2.46. The fraction of sp³-hybridized carbons (Fsp3) is 0.562. The molecule has 132 valence electrons. The molecule has 0 unspecified atom stereocenters. The predicted octanol–water partition coefficient (Wildman–Crippen LogP) is 0.189. The highest BCUT2D eigenvalue weighted by Gasteiger charge is 2.23. The third-order valence-corrected chi connectivity index (χ3v) is 5.90. The van der Waals surface area contributed by atoms with Gasteiger partial charge in [-0.2, -0.15) is 0 Å². The topological polar surface area (TPSA) is 87.7 Å². The third-order valence-electron chi connectivity index (χ3n) is 4.36. The quantitative estimate of drug-likeness (QED) is 0.807. The smallest absolute Gasteiger partial charge is 0.253 e. The van der Waals surface area contributed by atoms with Crippen molar-refractivity contribution in [2.24, 2.45) is 0 Å². The summed E-state index contributed by atoms with van der Waals surface area (Å²) in [5.41, 5.74) is 0.516. The normalized spacial score (nSPS) is 20.1. The SMILES string of the molecule is O=C(c1ccc(S(=O)(=O)NC2CCOCC2)cc1)N1CCNCC1. The van der Waals surface area contributed by atoms with Crippen molar-refractivity contribution in [3.8, 4) is 0 Å². The van der Waals surface area contributed by atoms with E-state index in [1.807, 2.05) is 0 Å². The first-order valence-electron chi connectivity index (χ1n) is 8.26. The van der Waals surface area contributed by atoms with E-state index in [9.17, 15) is 13.2 Å². The number of ether oxygens (including phenoxy) is 1. The van der Waals surface area contributed by atoms with E-state index in [0.29, 0.717) is 44.7 Å². The molecule has 0 spiro atoms. The number of nitrogens with zero attached hydrogens (tertiary/aromatic N) is 1. The average molecular weight is 353 g/mol. The Bertz CT molecular complexity index is 663. The molecule has 1 aromatic rings.